The molecule has 4 fully saturated rings. The summed E-state index contributed by atoms with van der Waals surface area (Å²) in [5.41, 5.74) is 0.903. The summed E-state index contributed by atoms with van der Waals surface area (Å²) in [6.45, 7) is 5.61. The van der Waals surface area contributed by atoms with Crippen molar-refractivity contribution in [3.63, 3.8) is 0 Å². The number of hydrogen-bond donors (Lipinski definition) is 0. The number of piperidine rings is 2. The van der Waals surface area contributed by atoms with Crippen LogP contribution in [-0.4, -0.2) is 48.4 Å². The van der Waals surface area contributed by atoms with Crippen molar-refractivity contribution in [1.82, 2.24) is 9.80 Å². The first-order valence-electron chi connectivity index (χ1n) is 6.85. The van der Waals surface area contributed by atoms with Gasteiger partial charge in [-0.15, -0.1) is 0 Å². The summed E-state index contributed by atoms with van der Waals surface area (Å²) in [5.74, 6) is 1.75. The Kier molecular flexibility index (Phi) is 2.32. The van der Waals surface area contributed by atoms with E-state index >= 15 is 0 Å². The van der Waals surface area contributed by atoms with Gasteiger partial charge in [-0.1, -0.05) is 30.3 Å². The zero-order valence-electron chi connectivity index (χ0n) is 10.5. The molecular weight excluding hydrogens is 224 g/mol. The molecule has 5 rings (SSSR count). The van der Waals surface area contributed by atoms with E-state index in [1.165, 1.54) is 0 Å². The maximum absolute atomic E-state index is 12.7. The van der Waals surface area contributed by atoms with Gasteiger partial charge in [0, 0.05) is 37.7 Å². The molecule has 0 aromatic heterocycles. The predicted octanol–water partition coefficient (Wildman–Crippen LogP) is 1.32. The SMILES string of the molecule is O=C(c1ccccc1)C1C2CN3CC1CN(C2)C3. The highest BCUT2D eigenvalue weighted by Gasteiger charge is 2.49. The van der Waals surface area contributed by atoms with Crippen LogP contribution in [0.15, 0.2) is 30.3 Å². The first kappa shape index (κ1) is 10.7. The summed E-state index contributed by atoms with van der Waals surface area (Å²) in [6, 6.07) is 9.85. The molecule has 4 saturated heterocycles. The topological polar surface area (TPSA) is 23.6 Å². The van der Waals surface area contributed by atoms with Crippen LogP contribution in [0.3, 0.4) is 0 Å². The Balaban J connectivity index is 1.64. The van der Waals surface area contributed by atoms with Crippen LogP contribution in [-0.2, 0) is 0 Å². The monoisotopic (exact) mass is 242 g/mol. The maximum Gasteiger partial charge on any atom is 0.166 e. The quantitative estimate of drug-likeness (QED) is 0.731. The largest absolute Gasteiger partial charge is 0.294 e. The molecule has 0 N–H and O–H groups in total. The van der Waals surface area contributed by atoms with Gasteiger partial charge < -0.3 is 0 Å². The molecule has 1 aromatic rings. The minimum Gasteiger partial charge on any atom is -0.294 e. The third-order valence-electron chi connectivity index (χ3n) is 4.75. The van der Waals surface area contributed by atoms with Gasteiger partial charge in [0.25, 0.3) is 0 Å². The highest BCUT2D eigenvalue weighted by Crippen LogP contribution is 2.39. The second kappa shape index (κ2) is 3.90. The Bertz CT molecular complexity index is 443. The zero-order chi connectivity index (χ0) is 12.1. The summed E-state index contributed by atoms with van der Waals surface area (Å²) in [6.07, 6.45) is 0. The van der Waals surface area contributed by atoms with E-state index in [1.807, 2.05) is 30.3 Å². The van der Waals surface area contributed by atoms with E-state index in [0.717, 1.165) is 38.4 Å². The number of hydrogen-bond acceptors (Lipinski definition) is 3. The minimum atomic E-state index is 0.264. The van der Waals surface area contributed by atoms with Crippen molar-refractivity contribution < 1.29 is 4.79 Å². The van der Waals surface area contributed by atoms with Gasteiger partial charge in [-0.25, -0.2) is 0 Å². The lowest BCUT2D eigenvalue weighted by Crippen LogP contribution is -2.67. The van der Waals surface area contributed by atoms with Crippen LogP contribution in [0.25, 0.3) is 0 Å². The summed E-state index contributed by atoms with van der Waals surface area (Å²) in [5, 5.41) is 0. The maximum atomic E-state index is 12.7. The standard InChI is InChI=1S/C15H18N2O/c18-15(11-4-2-1-3-5-11)14-12-6-16-8-13(14)9-17(7-12)10-16/h1-5,12-14H,6-10H2. The van der Waals surface area contributed by atoms with Crippen molar-refractivity contribution in [1.29, 1.82) is 0 Å². The number of Topliss-reactive ketones (excluding diaryl/α,β-unsaturated/α-hetero) is 1. The molecule has 4 aliphatic heterocycles. The minimum absolute atomic E-state index is 0.264. The smallest absolute Gasteiger partial charge is 0.166 e. The van der Waals surface area contributed by atoms with Crippen LogP contribution in [0.1, 0.15) is 10.4 Å². The van der Waals surface area contributed by atoms with Crippen LogP contribution in [0.4, 0.5) is 0 Å². The van der Waals surface area contributed by atoms with Gasteiger partial charge in [-0.05, 0) is 11.8 Å². The van der Waals surface area contributed by atoms with E-state index in [0.29, 0.717) is 17.6 Å². The molecule has 18 heavy (non-hydrogen) atoms. The third kappa shape index (κ3) is 1.54. The molecule has 4 aliphatic rings. The Morgan fingerprint density at radius 2 is 1.50 bits per heavy atom. The van der Waals surface area contributed by atoms with E-state index in [-0.39, 0.29) is 5.92 Å². The lowest BCUT2D eigenvalue weighted by Gasteiger charge is -2.56. The molecule has 4 heterocycles. The molecule has 0 atom stereocenters. The van der Waals surface area contributed by atoms with Gasteiger partial charge in [0.15, 0.2) is 5.78 Å². The summed E-state index contributed by atoms with van der Waals surface area (Å²) in [4.78, 5) is 17.7. The Labute approximate surface area is 107 Å². The summed E-state index contributed by atoms with van der Waals surface area (Å²) < 4.78 is 0. The third-order valence-corrected chi connectivity index (χ3v) is 4.75. The Hall–Kier alpha value is -1.19. The van der Waals surface area contributed by atoms with Crippen LogP contribution < -0.4 is 0 Å². The number of nitrogens with zero attached hydrogens (tertiary/aromatic N) is 2. The van der Waals surface area contributed by atoms with Crippen molar-refractivity contribution in [2.24, 2.45) is 17.8 Å². The fourth-order valence-corrected chi connectivity index (χ4v) is 4.17. The molecule has 3 heteroatoms. The lowest BCUT2D eigenvalue weighted by atomic mass is 9.69. The molecule has 94 valence electrons. The summed E-state index contributed by atoms with van der Waals surface area (Å²) in [7, 11) is 0. The van der Waals surface area contributed by atoms with E-state index in [2.05, 4.69) is 9.80 Å². The number of carbonyl (C=O) groups excluding carboxylic acids is 1. The first-order valence-corrected chi connectivity index (χ1v) is 6.85. The van der Waals surface area contributed by atoms with Crippen LogP contribution >= 0.6 is 0 Å². The Morgan fingerprint density at radius 3 is 2.06 bits per heavy atom. The van der Waals surface area contributed by atoms with E-state index in [1.54, 1.807) is 0 Å². The highest BCUT2D eigenvalue weighted by molar-refractivity contribution is 5.98. The second-order valence-electron chi connectivity index (χ2n) is 5.99. The summed E-state index contributed by atoms with van der Waals surface area (Å²) >= 11 is 0. The molecule has 4 bridgehead atoms. The number of rotatable bonds is 2. The number of ketones is 1. The number of benzene rings is 1. The van der Waals surface area contributed by atoms with E-state index in [4.69, 9.17) is 0 Å². The van der Waals surface area contributed by atoms with Gasteiger partial charge in [-0.2, -0.15) is 0 Å². The molecule has 1 aromatic carbocycles. The predicted molar refractivity (Wildman–Crippen MR) is 69.3 cm³/mol. The molecule has 0 spiro atoms. The highest BCUT2D eigenvalue weighted by atomic mass is 16.1. The van der Waals surface area contributed by atoms with Crippen molar-refractivity contribution >= 4 is 5.78 Å². The number of carbonyl (C=O) groups is 1. The van der Waals surface area contributed by atoms with E-state index in [9.17, 15) is 4.79 Å². The van der Waals surface area contributed by atoms with Crippen LogP contribution in [0, 0.1) is 17.8 Å². The molecule has 0 aliphatic carbocycles. The zero-order valence-corrected chi connectivity index (χ0v) is 10.5. The van der Waals surface area contributed by atoms with Crippen molar-refractivity contribution in [2.45, 2.75) is 0 Å². The van der Waals surface area contributed by atoms with Crippen LogP contribution in [0.2, 0.25) is 0 Å². The van der Waals surface area contributed by atoms with Gasteiger partial charge in [0.05, 0.1) is 6.67 Å². The molecule has 0 unspecified atom stereocenters. The van der Waals surface area contributed by atoms with Crippen molar-refractivity contribution in [3.8, 4) is 0 Å². The molecule has 0 saturated carbocycles. The van der Waals surface area contributed by atoms with E-state index < -0.39 is 0 Å². The molecular formula is C15H18N2O. The lowest BCUT2D eigenvalue weighted by molar-refractivity contribution is -0.0951. The normalized spacial score (nSPS) is 41.0. The van der Waals surface area contributed by atoms with Gasteiger partial charge in [-0.3, -0.25) is 14.6 Å². The fraction of sp³-hybridized carbons (Fsp3) is 0.533. The van der Waals surface area contributed by atoms with Crippen molar-refractivity contribution in [2.75, 3.05) is 32.8 Å². The molecule has 3 nitrogen and oxygen atoms in total. The fourth-order valence-electron chi connectivity index (χ4n) is 4.17. The molecule has 0 amide bonds. The van der Waals surface area contributed by atoms with Gasteiger partial charge in [0.2, 0.25) is 0 Å². The average Bonchev–Trinajstić information content (AvgIpc) is 2.38. The van der Waals surface area contributed by atoms with Crippen molar-refractivity contribution in [3.05, 3.63) is 35.9 Å². The second-order valence-corrected chi connectivity index (χ2v) is 5.99. The first-order chi connectivity index (χ1) is 8.81. The van der Waals surface area contributed by atoms with Gasteiger partial charge in [0.1, 0.15) is 0 Å². The molecule has 0 radical (unpaired) electrons. The average molecular weight is 242 g/mol. The van der Waals surface area contributed by atoms with Gasteiger partial charge >= 0.3 is 0 Å². The Morgan fingerprint density at radius 1 is 0.944 bits per heavy atom. The van der Waals surface area contributed by atoms with Crippen LogP contribution in [0.5, 0.6) is 0 Å².